The van der Waals surface area contributed by atoms with Crippen molar-refractivity contribution in [3.63, 3.8) is 0 Å². The molecule has 3 nitrogen and oxygen atoms in total. The molecule has 0 fully saturated rings. The lowest BCUT2D eigenvalue weighted by atomic mass is 10.2. The quantitative estimate of drug-likeness (QED) is 0.551. The largest absolute Gasteiger partial charge is 0.394 e. The molecule has 0 spiro atoms. The summed E-state index contributed by atoms with van der Waals surface area (Å²) in [6.45, 7) is 11.0. The summed E-state index contributed by atoms with van der Waals surface area (Å²) in [7, 11) is -2.04. The van der Waals surface area contributed by atoms with E-state index in [1.54, 1.807) is 0 Å². The Balaban J connectivity index is 4.81. The van der Waals surface area contributed by atoms with E-state index in [0.717, 1.165) is 45.1 Å². The Bertz CT molecular complexity index is 185. The fourth-order valence-corrected chi connectivity index (χ4v) is 6.98. The third kappa shape index (κ3) is 5.82. The van der Waals surface area contributed by atoms with Gasteiger partial charge in [-0.3, -0.25) is 0 Å². The van der Waals surface area contributed by atoms with Crippen molar-refractivity contribution in [2.45, 2.75) is 71.4 Å². The monoisotopic (exact) mass is 275 g/mol. The Morgan fingerprint density at radius 1 is 1.00 bits per heavy atom. The zero-order valence-corrected chi connectivity index (χ0v) is 13.8. The Kier molecular flexibility index (Phi) is 11.0. The lowest BCUT2D eigenvalue weighted by Gasteiger charge is -2.37. The second-order valence-corrected chi connectivity index (χ2v) is 8.34. The van der Waals surface area contributed by atoms with E-state index in [0.29, 0.717) is 5.54 Å². The minimum atomic E-state index is -2.04. The molecule has 0 amide bonds. The highest BCUT2D eigenvalue weighted by Crippen LogP contribution is 2.36. The van der Waals surface area contributed by atoms with E-state index in [1.165, 1.54) is 12.8 Å². The topological polar surface area (TPSA) is 44.5 Å². The summed E-state index contributed by atoms with van der Waals surface area (Å²) in [4.78, 5) is 0. The highest BCUT2D eigenvalue weighted by Gasteiger charge is 2.43. The number of hydrogen-bond donors (Lipinski definition) is 1. The minimum absolute atomic E-state index is 0.590. The molecule has 0 bridgehead atoms. The van der Waals surface area contributed by atoms with Crippen molar-refractivity contribution in [3.8, 4) is 0 Å². The number of unbranched alkanes of at least 4 members (excludes halogenated alkanes) is 1. The van der Waals surface area contributed by atoms with Gasteiger partial charge < -0.3 is 14.6 Å². The molecule has 0 rings (SSSR count). The Morgan fingerprint density at radius 3 is 2.00 bits per heavy atom. The summed E-state index contributed by atoms with van der Waals surface area (Å²) >= 11 is 0. The van der Waals surface area contributed by atoms with Crippen LogP contribution in [0.1, 0.15) is 59.8 Å². The molecule has 0 heterocycles. The Labute approximate surface area is 115 Å². The molecular weight excluding hydrogens is 242 g/mol. The molecule has 1 atom stereocenters. The standard InChI is InChI=1S/C14H33NO2Si/c1-5-9-13-18(16-7-3,17-8-4)14(6-2)11-10-12-15/h14H,5-13,15H2,1-4H3. The summed E-state index contributed by atoms with van der Waals surface area (Å²) in [5.41, 5.74) is 6.25. The molecule has 0 aliphatic carbocycles. The molecule has 0 aliphatic heterocycles. The minimum Gasteiger partial charge on any atom is -0.394 e. The van der Waals surface area contributed by atoms with Crippen molar-refractivity contribution in [1.82, 2.24) is 0 Å². The van der Waals surface area contributed by atoms with Crippen LogP contribution >= 0.6 is 0 Å². The van der Waals surface area contributed by atoms with Gasteiger partial charge in [0.2, 0.25) is 0 Å². The fraction of sp³-hybridized carbons (Fsp3) is 1.00. The smallest absolute Gasteiger partial charge is 0.341 e. The molecule has 0 aromatic carbocycles. The highest BCUT2D eigenvalue weighted by molar-refractivity contribution is 6.69. The van der Waals surface area contributed by atoms with Gasteiger partial charge in [0.15, 0.2) is 0 Å². The molecule has 110 valence electrons. The van der Waals surface area contributed by atoms with Crippen LogP contribution in [0.15, 0.2) is 0 Å². The molecule has 18 heavy (non-hydrogen) atoms. The maximum Gasteiger partial charge on any atom is 0.341 e. The SMILES string of the molecule is CCCC[Si](OCC)(OCC)C(CC)CCCN. The Morgan fingerprint density at radius 2 is 1.61 bits per heavy atom. The van der Waals surface area contributed by atoms with Crippen molar-refractivity contribution in [3.05, 3.63) is 0 Å². The van der Waals surface area contributed by atoms with Crippen LogP contribution in [0.5, 0.6) is 0 Å². The second-order valence-electron chi connectivity index (χ2n) is 4.82. The summed E-state index contributed by atoms with van der Waals surface area (Å²) in [5.74, 6) is 0. The summed E-state index contributed by atoms with van der Waals surface area (Å²) in [5, 5.41) is 0. The molecule has 0 saturated carbocycles. The van der Waals surface area contributed by atoms with Crippen molar-refractivity contribution < 1.29 is 8.85 Å². The van der Waals surface area contributed by atoms with Gasteiger partial charge in [-0.15, -0.1) is 0 Å². The first-order valence-electron chi connectivity index (χ1n) is 7.68. The van der Waals surface area contributed by atoms with Crippen LogP contribution in [0.4, 0.5) is 0 Å². The summed E-state index contributed by atoms with van der Waals surface area (Å²) < 4.78 is 12.4. The van der Waals surface area contributed by atoms with Crippen LogP contribution in [0.2, 0.25) is 11.6 Å². The van der Waals surface area contributed by atoms with Crippen molar-refractivity contribution in [2.75, 3.05) is 19.8 Å². The first-order valence-corrected chi connectivity index (χ1v) is 9.78. The van der Waals surface area contributed by atoms with Crippen LogP contribution < -0.4 is 5.73 Å². The molecule has 0 aromatic heterocycles. The molecule has 2 N–H and O–H groups in total. The lowest BCUT2D eigenvalue weighted by Crippen LogP contribution is -2.47. The maximum atomic E-state index is 6.20. The van der Waals surface area contributed by atoms with Gasteiger partial charge in [0.25, 0.3) is 0 Å². The van der Waals surface area contributed by atoms with Crippen molar-refractivity contribution >= 4 is 8.56 Å². The van der Waals surface area contributed by atoms with E-state index in [2.05, 4.69) is 27.7 Å². The lowest BCUT2D eigenvalue weighted by molar-refractivity contribution is 0.167. The van der Waals surface area contributed by atoms with E-state index >= 15 is 0 Å². The van der Waals surface area contributed by atoms with Gasteiger partial charge in [0.05, 0.1) is 0 Å². The zero-order chi connectivity index (χ0) is 13.9. The average Bonchev–Trinajstić information content (AvgIpc) is 2.37. The van der Waals surface area contributed by atoms with Crippen LogP contribution in [-0.4, -0.2) is 28.3 Å². The van der Waals surface area contributed by atoms with Gasteiger partial charge in [0, 0.05) is 18.8 Å². The molecule has 0 saturated heterocycles. The summed E-state index contributed by atoms with van der Waals surface area (Å²) in [6, 6.07) is 1.13. The van der Waals surface area contributed by atoms with Gasteiger partial charge in [0.1, 0.15) is 0 Å². The highest BCUT2D eigenvalue weighted by atomic mass is 28.4. The average molecular weight is 276 g/mol. The Hall–Kier alpha value is 0.0969. The van der Waals surface area contributed by atoms with E-state index in [9.17, 15) is 0 Å². The van der Waals surface area contributed by atoms with Gasteiger partial charge >= 0.3 is 8.56 Å². The fourth-order valence-electron chi connectivity index (χ4n) is 2.64. The van der Waals surface area contributed by atoms with Crippen molar-refractivity contribution in [2.24, 2.45) is 5.73 Å². The predicted molar refractivity (Wildman–Crippen MR) is 81.1 cm³/mol. The van der Waals surface area contributed by atoms with Gasteiger partial charge in [-0.2, -0.15) is 0 Å². The van der Waals surface area contributed by atoms with Crippen LogP contribution in [0.3, 0.4) is 0 Å². The molecule has 0 radical (unpaired) electrons. The molecule has 0 aliphatic rings. The third-order valence-corrected chi connectivity index (χ3v) is 8.07. The summed E-state index contributed by atoms with van der Waals surface area (Å²) in [6.07, 6.45) is 5.81. The maximum absolute atomic E-state index is 6.20. The third-order valence-electron chi connectivity index (χ3n) is 3.53. The first-order chi connectivity index (χ1) is 8.70. The van der Waals surface area contributed by atoms with Gasteiger partial charge in [-0.1, -0.05) is 33.1 Å². The van der Waals surface area contributed by atoms with E-state index < -0.39 is 8.56 Å². The molecule has 4 heteroatoms. The number of nitrogens with two attached hydrogens (primary N) is 1. The first kappa shape index (κ1) is 18.1. The molecule has 1 unspecified atom stereocenters. The zero-order valence-electron chi connectivity index (χ0n) is 12.8. The van der Waals surface area contributed by atoms with Crippen LogP contribution in [0, 0.1) is 0 Å². The molecule has 0 aromatic rings. The van der Waals surface area contributed by atoms with E-state index in [1.807, 2.05) is 0 Å². The predicted octanol–water partition coefficient (Wildman–Crippen LogP) is 3.82. The van der Waals surface area contributed by atoms with Crippen LogP contribution in [0.25, 0.3) is 0 Å². The van der Waals surface area contributed by atoms with Gasteiger partial charge in [-0.05, 0) is 39.3 Å². The normalized spacial score (nSPS) is 13.8. The van der Waals surface area contributed by atoms with E-state index in [4.69, 9.17) is 14.6 Å². The van der Waals surface area contributed by atoms with Crippen LogP contribution in [-0.2, 0) is 8.85 Å². The number of rotatable bonds is 12. The van der Waals surface area contributed by atoms with Gasteiger partial charge in [-0.25, -0.2) is 0 Å². The van der Waals surface area contributed by atoms with Crippen molar-refractivity contribution in [1.29, 1.82) is 0 Å². The number of hydrogen-bond acceptors (Lipinski definition) is 3. The van der Waals surface area contributed by atoms with E-state index in [-0.39, 0.29) is 0 Å². The molecular formula is C14H33NO2Si. The second kappa shape index (κ2) is 11.0.